The van der Waals surface area contributed by atoms with Crippen molar-refractivity contribution in [2.45, 2.75) is 45.6 Å². The Kier molecular flexibility index (Phi) is 5.34. The Labute approximate surface area is 154 Å². The number of carbonyl (C=O) groups excluding carboxylic acids is 2. The van der Waals surface area contributed by atoms with Crippen molar-refractivity contribution >= 4 is 23.5 Å². The van der Waals surface area contributed by atoms with Crippen molar-refractivity contribution in [3.8, 4) is 0 Å². The summed E-state index contributed by atoms with van der Waals surface area (Å²) in [5.41, 5.74) is 0.521. The molecule has 142 valence electrons. The van der Waals surface area contributed by atoms with Gasteiger partial charge in [-0.25, -0.2) is 9.78 Å². The molecule has 2 fully saturated rings. The van der Waals surface area contributed by atoms with Gasteiger partial charge in [-0.1, -0.05) is 6.42 Å². The number of hydrogen-bond donors (Lipinski definition) is 1. The highest BCUT2D eigenvalue weighted by Crippen LogP contribution is 2.27. The predicted molar refractivity (Wildman–Crippen MR) is 100 cm³/mol. The molecule has 26 heavy (non-hydrogen) atoms. The molecule has 2 heterocycles. The van der Waals surface area contributed by atoms with E-state index in [-0.39, 0.29) is 17.9 Å². The minimum atomic E-state index is -0.474. The third-order valence-electron chi connectivity index (χ3n) is 4.77. The maximum Gasteiger partial charge on any atom is 0.410 e. The van der Waals surface area contributed by atoms with Crippen LogP contribution in [0.4, 0.5) is 16.3 Å². The lowest BCUT2D eigenvalue weighted by atomic mass is 9.85. The molecule has 0 radical (unpaired) electrons. The zero-order valence-electron chi connectivity index (χ0n) is 15.8. The van der Waals surface area contributed by atoms with Gasteiger partial charge >= 0.3 is 6.09 Å². The van der Waals surface area contributed by atoms with Gasteiger partial charge in [0.1, 0.15) is 11.4 Å². The zero-order valence-corrected chi connectivity index (χ0v) is 15.8. The van der Waals surface area contributed by atoms with Gasteiger partial charge in [0.15, 0.2) is 0 Å². The van der Waals surface area contributed by atoms with E-state index in [0.717, 1.165) is 38.0 Å². The number of anilines is 2. The number of nitrogens with zero attached hydrogens (tertiary/aromatic N) is 3. The van der Waals surface area contributed by atoms with E-state index in [1.54, 1.807) is 11.1 Å². The average molecular weight is 360 g/mol. The molecule has 1 aromatic heterocycles. The molecule has 2 amide bonds. The first-order valence-corrected chi connectivity index (χ1v) is 9.31. The van der Waals surface area contributed by atoms with Gasteiger partial charge in [-0.05, 0) is 45.7 Å². The van der Waals surface area contributed by atoms with Crippen LogP contribution in [0.15, 0.2) is 18.3 Å². The lowest BCUT2D eigenvalue weighted by Gasteiger charge is -2.36. The molecular formula is C19H28N4O3. The second-order valence-corrected chi connectivity index (χ2v) is 7.97. The molecule has 1 aliphatic carbocycles. The number of rotatable bonds is 3. The summed E-state index contributed by atoms with van der Waals surface area (Å²) >= 11 is 0. The summed E-state index contributed by atoms with van der Waals surface area (Å²) in [7, 11) is 0. The number of pyridine rings is 1. The molecule has 1 aromatic rings. The first-order valence-electron chi connectivity index (χ1n) is 9.31. The van der Waals surface area contributed by atoms with E-state index >= 15 is 0 Å². The van der Waals surface area contributed by atoms with Crippen LogP contribution in [-0.2, 0) is 9.53 Å². The van der Waals surface area contributed by atoms with Gasteiger partial charge in [-0.3, -0.25) is 4.79 Å². The Morgan fingerprint density at radius 2 is 1.85 bits per heavy atom. The molecule has 7 heteroatoms. The Balaban J connectivity index is 1.50. The Hall–Kier alpha value is -2.31. The topological polar surface area (TPSA) is 74.8 Å². The van der Waals surface area contributed by atoms with Crippen molar-refractivity contribution in [1.29, 1.82) is 0 Å². The summed E-state index contributed by atoms with van der Waals surface area (Å²) < 4.78 is 5.42. The van der Waals surface area contributed by atoms with Crippen molar-refractivity contribution in [3.05, 3.63) is 18.3 Å². The van der Waals surface area contributed by atoms with Crippen LogP contribution in [0.1, 0.15) is 40.0 Å². The largest absolute Gasteiger partial charge is 0.444 e. The molecule has 1 saturated carbocycles. The van der Waals surface area contributed by atoms with Crippen molar-refractivity contribution in [2.75, 3.05) is 36.4 Å². The molecule has 3 rings (SSSR count). The van der Waals surface area contributed by atoms with Gasteiger partial charge in [-0.2, -0.15) is 0 Å². The monoisotopic (exact) mass is 360 g/mol. The molecule has 7 nitrogen and oxygen atoms in total. The van der Waals surface area contributed by atoms with E-state index in [9.17, 15) is 9.59 Å². The van der Waals surface area contributed by atoms with Crippen LogP contribution in [0.25, 0.3) is 0 Å². The molecule has 0 bridgehead atoms. The van der Waals surface area contributed by atoms with Crippen LogP contribution < -0.4 is 10.2 Å². The number of piperazine rings is 1. The minimum Gasteiger partial charge on any atom is -0.444 e. The third kappa shape index (κ3) is 4.65. The highest BCUT2D eigenvalue weighted by Gasteiger charge is 2.27. The zero-order chi connectivity index (χ0) is 18.7. The first-order chi connectivity index (χ1) is 12.3. The maximum absolute atomic E-state index is 12.1. The number of aromatic nitrogens is 1. The normalized spacial score (nSPS) is 18.3. The van der Waals surface area contributed by atoms with Crippen molar-refractivity contribution in [3.63, 3.8) is 0 Å². The molecule has 0 aromatic carbocycles. The van der Waals surface area contributed by atoms with Crippen molar-refractivity contribution in [1.82, 2.24) is 9.88 Å². The van der Waals surface area contributed by atoms with Gasteiger partial charge in [0.2, 0.25) is 5.91 Å². The summed E-state index contributed by atoms with van der Waals surface area (Å²) in [6.45, 7) is 8.32. The van der Waals surface area contributed by atoms with E-state index in [4.69, 9.17) is 4.74 Å². The van der Waals surface area contributed by atoms with Gasteiger partial charge in [0.05, 0.1) is 11.9 Å². The second-order valence-electron chi connectivity index (χ2n) is 7.97. The van der Waals surface area contributed by atoms with Crippen LogP contribution in [0.5, 0.6) is 0 Å². The molecule has 1 N–H and O–H groups in total. The fourth-order valence-corrected chi connectivity index (χ4v) is 3.02. The van der Waals surface area contributed by atoms with Crippen LogP contribution in [0, 0.1) is 5.92 Å². The molecule has 0 unspecified atom stereocenters. The fourth-order valence-electron chi connectivity index (χ4n) is 3.02. The maximum atomic E-state index is 12.1. The summed E-state index contributed by atoms with van der Waals surface area (Å²) in [6.07, 6.45) is 4.61. The third-order valence-corrected chi connectivity index (χ3v) is 4.77. The SMILES string of the molecule is CC(C)(C)OC(=O)N1CCN(c2ccc(NC(=O)C3CCC3)nc2)CC1. The van der Waals surface area contributed by atoms with E-state index < -0.39 is 5.60 Å². The average Bonchev–Trinajstić information content (AvgIpc) is 2.52. The van der Waals surface area contributed by atoms with Crippen LogP contribution in [0.3, 0.4) is 0 Å². The van der Waals surface area contributed by atoms with Crippen LogP contribution in [0.2, 0.25) is 0 Å². The summed E-state index contributed by atoms with van der Waals surface area (Å²) in [5.74, 6) is 0.818. The number of ether oxygens (including phenoxy) is 1. The van der Waals surface area contributed by atoms with E-state index in [1.807, 2.05) is 32.9 Å². The number of nitrogens with one attached hydrogen (secondary N) is 1. The van der Waals surface area contributed by atoms with Crippen molar-refractivity contribution < 1.29 is 14.3 Å². The molecule has 2 aliphatic rings. The van der Waals surface area contributed by atoms with E-state index in [2.05, 4.69) is 15.2 Å². The molecule has 1 saturated heterocycles. The minimum absolute atomic E-state index is 0.0717. The highest BCUT2D eigenvalue weighted by atomic mass is 16.6. The van der Waals surface area contributed by atoms with Crippen LogP contribution >= 0.6 is 0 Å². The lowest BCUT2D eigenvalue weighted by Crippen LogP contribution is -2.50. The predicted octanol–water partition coefficient (Wildman–Crippen LogP) is 2.88. The smallest absolute Gasteiger partial charge is 0.410 e. The van der Waals surface area contributed by atoms with Gasteiger partial charge in [0.25, 0.3) is 0 Å². The van der Waals surface area contributed by atoms with Crippen molar-refractivity contribution in [2.24, 2.45) is 5.92 Å². The lowest BCUT2D eigenvalue weighted by molar-refractivity contribution is -0.122. The quantitative estimate of drug-likeness (QED) is 0.897. The number of hydrogen-bond acceptors (Lipinski definition) is 5. The fraction of sp³-hybridized carbons (Fsp3) is 0.632. The second kappa shape index (κ2) is 7.51. The Morgan fingerprint density at radius 1 is 1.15 bits per heavy atom. The van der Waals surface area contributed by atoms with Gasteiger partial charge in [0, 0.05) is 32.1 Å². The standard InChI is InChI=1S/C19H28N4O3/c1-19(2,3)26-18(25)23-11-9-22(10-12-23)15-7-8-16(20-13-15)21-17(24)14-5-4-6-14/h7-8,13-14H,4-6,9-12H2,1-3H3,(H,20,21,24). The Bertz CT molecular complexity index is 642. The summed E-state index contributed by atoms with van der Waals surface area (Å²) in [5, 5.41) is 2.88. The van der Waals surface area contributed by atoms with E-state index in [0.29, 0.717) is 18.9 Å². The van der Waals surface area contributed by atoms with Gasteiger partial charge in [-0.15, -0.1) is 0 Å². The molecule has 0 spiro atoms. The first kappa shape index (κ1) is 18.5. The molecule has 1 aliphatic heterocycles. The highest BCUT2D eigenvalue weighted by molar-refractivity contribution is 5.92. The van der Waals surface area contributed by atoms with Crippen LogP contribution in [-0.4, -0.2) is 53.7 Å². The molecular weight excluding hydrogens is 332 g/mol. The summed E-state index contributed by atoms with van der Waals surface area (Å²) in [4.78, 5) is 32.4. The van der Waals surface area contributed by atoms with Gasteiger partial charge < -0.3 is 19.9 Å². The number of carbonyl (C=O) groups is 2. The summed E-state index contributed by atoms with van der Waals surface area (Å²) in [6, 6.07) is 3.80. The molecule has 0 atom stereocenters. The Morgan fingerprint density at radius 3 is 2.35 bits per heavy atom. The number of amides is 2. The van der Waals surface area contributed by atoms with E-state index in [1.165, 1.54) is 0 Å².